The van der Waals surface area contributed by atoms with Crippen LogP contribution in [0.1, 0.15) is 51.4 Å². The topological polar surface area (TPSA) is 100 Å². The first-order chi connectivity index (χ1) is 13.9. The third-order valence-corrected chi connectivity index (χ3v) is 7.03. The minimum absolute atomic E-state index is 0.0230. The highest BCUT2D eigenvalue weighted by Crippen LogP contribution is 2.32. The molecule has 3 aliphatic rings. The largest absolute Gasteiger partial charge is 0.341 e. The SMILES string of the molecule is CN(C)C1CCC(C2CCCN(C(=O)NC3(C(=O)NCC#N)CCCC3)C2)CN1. The fraction of sp³-hybridized carbons (Fsp3) is 0.857. The van der Waals surface area contributed by atoms with Crippen LogP contribution in [0.3, 0.4) is 0 Å². The lowest BCUT2D eigenvalue weighted by Crippen LogP contribution is -2.61. The predicted octanol–water partition coefficient (Wildman–Crippen LogP) is 1.25. The molecule has 0 spiro atoms. The quantitative estimate of drug-likeness (QED) is 0.599. The minimum atomic E-state index is -0.855. The number of rotatable bonds is 5. The summed E-state index contributed by atoms with van der Waals surface area (Å²) >= 11 is 0. The molecule has 3 N–H and O–H groups in total. The van der Waals surface area contributed by atoms with Gasteiger partial charge in [-0.1, -0.05) is 12.8 Å². The van der Waals surface area contributed by atoms with E-state index in [1.165, 1.54) is 6.42 Å². The molecule has 0 aromatic carbocycles. The summed E-state index contributed by atoms with van der Waals surface area (Å²) in [5.74, 6) is 0.892. The van der Waals surface area contributed by atoms with Crippen molar-refractivity contribution in [2.75, 3.05) is 40.3 Å². The van der Waals surface area contributed by atoms with Crippen molar-refractivity contribution in [1.29, 1.82) is 5.26 Å². The molecule has 2 aliphatic heterocycles. The standard InChI is InChI=1S/C21H36N6O2/c1-26(2)18-8-7-16(14-24-18)17-6-5-13-27(15-17)20(29)25-21(9-3-4-10-21)19(28)23-12-11-22/h16-18,24H,3-10,12-15H2,1-2H3,(H,23,28)(H,25,29). The van der Waals surface area contributed by atoms with Gasteiger partial charge in [0.25, 0.3) is 0 Å². The molecular weight excluding hydrogens is 368 g/mol. The van der Waals surface area contributed by atoms with Gasteiger partial charge in [0, 0.05) is 13.1 Å². The second kappa shape index (κ2) is 9.77. The van der Waals surface area contributed by atoms with Crippen molar-refractivity contribution in [1.82, 2.24) is 25.8 Å². The Kier molecular flexibility index (Phi) is 7.36. The molecule has 0 aromatic rings. The first-order valence-corrected chi connectivity index (χ1v) is 11.1. The highest BCUT2D eigenvalue weighted by molar-refractivity contribution is 5.91. The molecule has 3 atom stereocenters. The average molecular weight is 405 g/mol. The lowest BCUT2D eigenvalue weighted by atomic mass is 9.80. The van der Waals surface area contributed by atoms with Crippen molar-refractivity contribution in [3.05, 3.63) is 0 Å². The highest BCUT2D eigenvalue weighted by atomic mass is 16.2. The van der Waals surface area contributed by atoms with Crippen LogP contribution in [0.25, 0.3) is 0 Å². The van der Waals surface area contributed by atoms with Crippen LogP contribution >= 0.6 is 0 Å². The van der Waals surface area contributed by atoms with E-state index in [0.717, 1.165) is 51.7 Å². The van der Waals surface area contributed by atoms with E-state index in [1.807, 2.05) is 11.0 Å². The average Bonchev–Trinajstić information content (AvgIpc) is 3.21. The minimum Gasteiger partial charge on any atom is -0.341 e. The number of likely N-dealkylation sites (tertiary alicyclic amines) is 1. The summed E-state index contributed by atoms with van der Waals surface area (Å²) in [7, 11) is 4.21. The van der Waals surface area contributed by atoms with Crippen molar-refractivity contribution < 1.29 is 9.59 Å². The number of amides is 3. The summed E-state index contributed by atoms with van der Waals surface area (Å²) in [5, 5.41) is 18.1. The molecule has 8 heteroatoms. The number of nitriles is 1. The highest BCUT2D eigenvalue weighted by Gasteiger charge is 2.43. The molecule has 0 radical (unpaired) electrons. The number of urea groups is 1. The predicted molar refractivity (Wildman–Crippen MR) is 111 cm³/mol. The molecule has 2 heterocycles. The van der Waals surface area contributed by atoms with Gasteiger partial charge in [0.05, 0.1) is 12.2 Å². The second-order valence-corrected chi connectivity index (χ2v) is 9.13. The van der Waals surface area contributed by atoms with E-state index in [9.17, 15) is 9.59 Å². The molecule has 162 valence electrons. The number of carbonyl (C=O) groups excluding carboxylic acids is 2. The van der Waals surface area contributed by atoms with E-state index in [2.05, 4.69) is 34.9 Å². The molecule has 3 amide bonds. The number of hydrogen-bond donors (Lipinski definition) is 3. The molecule has 29 heavy (non-hydrogen) atoms. The fourth-order valence-corrected chi connectivity index (χ4v) is 5.25. The van der Waals surface area contributed by atoms with Gasteiger partial charge in [-0.15, -0.1) is 0 Å². The normalized spacial score (nSPS) is 29.3. The molecule has 0 bridgehead atoms. The first kappa shape index (κ1) is 21.8. The Morgan fingerprint density at radius 3 is 2.55 bits per heavy atom. The smallest absolute Gasteiger partial charge is 0.318 e. The Morgan fingerprint density at radius 2 is 1.93 bits per heavy atom. The van der Waals surface area contributed by atoms with E-state index >= 15 is 0 Å². The van der Waals surface area contributed by atoms with Crippen LogP contribution in [0, 0.1) is 23.2 Å². The van der Waals surface area contributed by atoms with Crippen molar-refractivity contribution in [3.8, 4) is 6.07 Å². The van der Waals surface area contributed by atoms with Gasteiger partial charge < -0.3 is 20.9 Å². The molecule has 3 fully saturated rings. The second-order valence-electron chi connectivity index (χ2n) is 9.13. The summed E-state index contributed by atoms with van der Waals surface area (Å²) in [5.41, 5.74) is -0.855. The molecular formula is C21H36N6O2. The Balaban J connectivity index is 1.56. The Bertz CT molecular complexity index is 617. The molecule has 1 aliphatic carbocycles. The summed E-state index contributed by atoms with van der Waals surface area (Å²) in [4.78, 5) is 29.8. The van der Waals surface area contributed by atoms with Crippen LogP contribution < -0.4 is 16.0 Å². The van der Waals surface area contributed by atoms with Crippen LogP contribution in [-0.4, -0.2) is 73.7 Å². The maximum absolute atomic E-state index is 13.1. The van der Waals surface area contributed by atoms with Gasteiger partial charge in [-0.2, -0.15) is 5.26 Å². The summed E-state index contributed by atoms with van der Waals surface area (Å²) in [6, 6.07) is 1.82. The van der Waals surface area contributed by atoms with Gasteiger partial charge in [0.1, 0.15) is 12.1 Å². The van der Waals surface area contributed by atoms with Crippen molar-refractivity contribution in [2.45, 2.75) is 63.1 Å². The zero-order valence-corrected chi connectivity index (χ0v) is 17.9. The number of piperidine rings is 2. The van der Waals surface area contributed by atoms with Crippen molar-refractivity contribution in [2.24, 2.45) is 11.8 Å². The fourth-order valence-electron chi connectivity index (χ4n) is 5.25. The van der Waals surface area contributed by atoms with Crippen LogP contribution in [0.2, 0.25) is 0 Å². The number of nitrogens with one attached hydrogen (secondary N) is 3. The third kappa shape index (κ3) is 5.20. The van der Waals surface area contributed by atoms with Gasteiger partial charge in [0.2, 0.25) is 5.91 Å². The third-order valence-electron chi connectivity index (χ3n) is 7.03. The van der Waals surface area contributed by atoms with E-state index in [1.54, 1.807) is 0 Å². The zero-order chi connectivity index (χ0) is 20.9. The molecule has 8 nitrogen and oxygen atoms in total. The van der Waals surface area contributed by atoms with Gasteiger partial charge in [0.15, 0.2) is 0 Å². The van der Waals surface area contributed by atoms with Crippen LogP contribution in [-0.2, 0) is 4.79 Å². The summed E-state index contributed by atoms with van der Waals surface area (Å²) in [6.07, 6.45) is 8.09. The molecule has 3 rings (SSSR count). The summed E-state index contributed by atoms with van der Waals surface area (Å²) in [6.45, 7) is 2.49. The Labute approximate surface area is 174 Å². The first-order valence-electron chi connectivity index (χ1n) is 11.1. The summed E-state index contributed by atoms with van der Waals surface area (Å²) < 4.78 is 0. The van der Waals surface area contributed by atoms with Crippen LogP contribution in [0.15, 0.2) is 0 Å². The molecule has 0 aromatic heterocycles. The maximum Gasteiger partial charge on any atom is 0.318 e. The lowest BCUT2D eigenvalue weighted by Gasteiger charge is -2.42. The number of nitrogens with zero attached hydrogens (tertiary/aromatic N) is 3. The van der Waals surface area contributed by atoms with Crippen molar-refractivity contribution in [3.63, 3.8) is 0 Å². The molecule has 1 saturated carbocycles. The van der Waals surface area contributed by atoms with E-state index in [-0.39, 0.29) is 18.5 Å². The van der Waals surface area contributed by atoms with Gasteiger partial charge in [-0.25, -0.2) is 4.79 Å². The van der Waals surface area contributed by atoms with E-state index < -0.39 is 5.54 Å². The van der Waals surface area contributed by atoms with Crippen LogP contribution in [0.4, 0.5) is 4.79 Å². The molecule has 3 unspecified atom stereocenters. The van der Waals surface area contributed by atoms with Crippen LogP contribution in [0.5, 0.6) is 0 Å². The van der Waals surface area contributed by atoms with Gasteiger partial charge in [-0.3, -0.25) is 9.69 Å². The molecule has 2 saturated heterocycles. The Morgan fingerprint density at radius 1 is 1.17 bits per heavy atom. The number of carbonyl (C=O) groups is 2. The Hall–Kier alpha value is -1.85. The van der Waals surface area contributed by atoms with Gasteiger partial charge >= 0.3 is 6.03 Å². The lowest BCUT2D eigenvalue weighted by molar-refractivity contribution is -0.127. The van der Waals surface area contributed by atoms with E-state index in [0.29, 0.717) is 30.8 Å². The maximum atomic E-state index is 13.1. The zero-order valence-electron chi connectivity index (χ0n) is 17.9. The van der Waals surface area contributed by atoms with Gasteiger partial charge in [-0.05, 0) is 71.0 Å². The monoisotopic (exact) mass is 404 g/mol. The van der Waals surface area contributed by atoms with Crippen molar-refractivity contribution >= 4 is 11.9 Å². The number of hydrogen-bond acceptors (Lipinski definition) is 5. The van der Waals surface area contributed by atoms with E-state index in [4.69, 9.17) is 5.26 Å².